The fourth-order valence-corrected chi connectivity index (χ4v) is 3.43. The SMILES string of the molecule is O=c1ccc(-n2cccn2)nn1CCNS(=O)(=O)c1ccc(F)c(C(F)(F)F)c1. The highest BCUT2D eigenvalue weighted by Crippen LogP contribution is 2.32. The van der Waals surface area contributed by atoms with E-state index in [2.05, 4.69) is 14.9 Å². The highest BCUT2D eigenvalue weighted by atomic mass is 32.2. The molecule has 0 aliphatic carbocycles. The van der Waals surface area contributed by atoms with E-state index in [0.29, 0.717) is 11.9 Å². The molecule has 0 aliphatic heterocycles. The number of rotatable bonds is 6. The Bertz CT molecular complexity index is 1170. The predicted molar refractivity (Wildman–Crippen MR) is 92.2 cm³/mol. The summed E-state index contributed by atoms with van der Waals surface area (Å²) in [6, 6.07) is 5.64. The number of hydrogen-bond acceptors (Lipinski definition) is 5. The molecule has 0 spiro atoms. The van der Waals surface area contributed by atoms with Gasteiger partial charge in [-0.25, -0.2) is 26.9 Å². The fourth-order valence-electron chi connectivity index (χ4n) is 2.38. The lowest BCUT2D eigenvalue weighted by Crippen LogP contribution is -2.32. The van der Waals surface area contributed by atoms with Crippen LogP contribution in [0.15, 0.2) is 58.5 Å². The average Bonchev–Trinajstić information content (AvgIpc) is 3.17. The molecule has 0 atom stereocenters. The smallest absolute Gasteiger partial charge is 0.268 e. The molecular formula is C16H13F4N5O3S. The van der Waals surface area contributed by atoms with Gasteiger partial charge in [0.15, 0.2) is 5.82 Å². The number of nitrogens with zero attached hydrogens (tertiary/aromatic N) is 4. The van der Waals surface area contributed by atoms with Gasteiger partial charge in [-0.2, -0.15) is 18.3 Å². The van der Waals surface area contributed by atoms with Crippen LogP contribution in [0.5, 0.6) is 0 Å². The van der Waals surface area contributed by atoms with E-state index in [0.717, 1.165) is 10.7 Å². The molecule has 0 saturated carbocycles. The van der Waals surface area contributed by atoms with Crippen LogP contribution in [0.1, 0.15) is 5.56 Å². The van der Waals surface area contributed by atoms with E-state index in [9.17, 15) is 30.8 Å². The molecule has 3 aromatic rings. The van der Waals surface area contributed by atoms with Crippen molar-refractivity contribution in [3.05, 3.63) is 70.5 Å². The quantitative estimate of drug-likeness (QED) is 0.598. The van der Waals surface area contributed by atoms with Crippen molar-refractivity contribution in [3.8, 4) is 5.82 Å². The zero-order valence-electron chi connectivity index (χ0n) is 14.5. The Kier molecular flexibility index (Phi) is 5.53. The van der Waals surface area contributed by atoms with Crippen molar-refractivity contribution < 1.29 is 26.0 Å². The number of hydrogen-bond donors (Lipinski definition) is 1. The zero-order valence-corrected chi connectivity index (χ0v) is 15.3. The monoisotopic (exact) mass is 431 g/mol. The van der Waals surface area contributed by atoms with Crippen molar-refractivity contribution in [3.63, 3.8) is 0 Å². The van der Waals surface area contributed by atoms with Gasteiger partial charge in [-0.1, -0.05) is 0 Å². The molecule has 0 radical (unpaired) electrons. The van der Waals surface area contributed by atoms with Crippen molar-refractivity contribution in [1.29, 1.82) is 0 Å². The minimum atomic E-state index is -5.04. The Morgan fingerprint density at radius 1 is 1.14 bits per heavy atom. The van der Waals surface area contributed by atoms with Crippen LogP contribution >= 0.6 is 0 Å². The first-order valence-corrected chi connectivity index (χ1v) is 9.51. The van der Waals surface area contributed by atoms with Crippen molar-refractivity contribution in [2.24, 2.45) is 0 Å². The molecule has 2 heterocycles. The second-order valence-electron chi connectivity index (χ2n) is 5.74. The van der Waals surface area contributed by atoms with Crippen molar-refractivity contribution in [1.82, 2.24) is 24.3 Å². The lowest BCUT2D eigenvalue weighted by Gasteiger charge is -2.12. The Morgan fingerprint density at radius 2 is 1.90 bits per heavy atom. The summed E-state index contributed by atoms with van der Waals surface area (Å²) in [5.41, 5.74) is -2.20. The Balaban J connectivity index is 1.75. The third kappa shape index (κ3) is 4.68. The van der Waals surface area contributed by atoms with E-state index in [4.69, 9.17) is 0 Å². The van der Waals surface area contributed by atoms with Gasteiger partial charge >= 0.3 is 6.18 Å². The molecular weight excluding hydrogens is 418 g/mol. The van der Waals surface area contributed by atoms with Crippen LogP contribution in [0.2, 0.25) is 0 Å². The molecule has 0 fully saturated rings. The minimum Gasteiger partial charge on any atom is -0.268 e. The van der Waals surface area contributed by atoms with Crippen molar-refractivity contribution in [2.45, 2.75) is 17.6 Å². The van der Waals surface area contributed by atoms with Crippen LogP contribution in [0.3, 0.4) is 0 Å². The second-order valence-corrected chi connectivity index (χ2v) is 7.51. The zero-order chi connectivity index (χ0) is 21.2. The van der Waals surface area contributed by atoms with Crippen molar-refractivity contribution in [2.75, 3.05) is 6.54 Å². The molecule has 2 aromatic heterocycles. The summed E-state index contributed by atoms with van der Waals surface area (Å²) < 4.78 is 80.6. The van der Waals surface area contributed by atoms with E-state index in [1.807, 2.05) is 0 Å². The van der Waals surface area contributed by atoms with Crippen LogP contribution in [-0.4, -0.2) is 34.5 Å². The lowest BCUT2D eigenvalue weighted by atomic mass is 10.2. The van der Waals surface area contributed by atoms with E-state index >= 15 is 0 Å². The molecule has 1 aromatic carbocycles. The maximum atomic E-state index is 13.3. The van der Waals surface area contributed by atoms with E-state index in [1.54, 1.807) is 12.3 Å². The fraction of sp³-hybridized carbons (Fsp3) is 0.188. The minimum absolute atomic E-state index is 0.194. The van der Waals surface area contributed by atoms with Crippen LogP contribution in [-0.2, 0) is 22.7 Å². The first kappa shape index (κ1) is 20.7. The van der Waals surface area contributed by atoms with Crippen LogP contribution in [0.25, 0.3) is 5.82 Å². The standard InChI is InChI=1S/C16H13F4N5O3S/c17-13-3-2-11(10-12(13)16(18,19)20)29(27,28)22-7-9-25-15(26)5-4-14(23-25)24-8-1-6-21-24/h1-6,8,10,22H,7,9H2. The van der Waals surface area contributed by atoms with Crippen LogP contribution in [0, 0.1) is 5.82 Å². The number of alkyl halides is 3. The van der Waals surface area contributed by atoms with Gasteiger partial charge in [0.25, 0.3) is 5.56 Å². The Morgan fingerprint density at radius 3 is 2.55 bits per heavy atom. The molecule has 0 amide bonds. The summed E-state index contributed by atoms with van der Waals surface area (Å²) in [6.45, 7) is -0.531. The molecule has 0 bridgehead atoms. The van der Waals surface area contributed by atoms with E-state index < -0.39 is 38.0 Å². The maximum absolute atomic E-state index is 13.3. The largest absolute Gasteiger partial charge is 0.419 e. The summed E-state index contributed by atoms with van der Waals surface area (Å²) in [5, 5.41) is 7.99. The van der Waals surface area contributed by atoms with Gasteiger partial charge < -0.3 is 0 Å². The normalized spacial score (nSPS) is 12.3. The molecule has 13 heteroatoms. The molecule has 29 heavy (non-hydrogen) atoms. The van der Waals surface area contributed by atoms with Gasteiger partial charge in [0.1, 0.15) is 5.82 Å². The summed E-state index contributed by atoms with van der Waals surface area (Å²) in [7, 11) is -4.37. The second kappa shape index (κ2) is 7.75. The number of halogens is 4. The Hall–Kier alpha value is -3.06. The number of nitrogens with one attached hydrogen (secondary N) is 1. The highest BCUT2D eigenvalue weighted by Gasteiger charge is 2.35. The summed E-state index contributed by atoms with van der Waals surface area (Å²) >= 11 is 0. The maximum Gasteiger partial charge on any atom is 0.419 e. The van der Waals surface area contributed by atoms with Gasteiger partial charge in [-0.05, 0) is 30.3 Å². The molecule has 1 N–H and O–H groups in total. The summed E-state index contributed by atoms with van der Waals surface area (Å²) in [6.07, 6.45) is -1.95. The number of aromatic nitrogens is 4. The molecule has 3 rings (SSSR count). The Labute approximate surface area is 161 Å². The molecule has 0 aliphatic rings. The molecule has 0 saturated heterocycles. The summed E-state index contributed by atoms with van der Waals surface area (Å²) in [5.74, 6) is -1.27. The highest BCUT2D eigenvalue weighted by molar-refractivity contribution is 7.89. The van der Waals surface area contributed by atoms with Crippen LogP contribution < -0.4 is 10.3 Å². The lowest BCUT2D eigenvalue weighted by molar-refractivity contribution is -0.140. The first-order valence-electron chi connectivity index (χ1n) is 8.02. The van der Waals surface area contributed by atoms with Crippen molar-refractivity contribution >= 4 is 10.0 Å². The van der Waals surface area contributed by atoms with Crippen LogP contribution in [0.4, 0.5) is 17.6 Å². The predicted octanol–water partition coefficient (Wildman–Crippen LogP) is 1.57. The molecule has 8 nitrogen and oxygen atoms in total. The molecule has 154 valence electrons. The summed E-state index contributed by atoms with van der Waals surface area (Å²) in [4.78, 5) is 11.1. The van der Waals surface area contributed by atoms with E-state index in [1.165, 1.54) is 23.0 Å². The first-order chi connectivity index (χ1) is 13.6. The van der Waals surface area contributed by atoms with Gasteiger partial charge in [0, 0.05) is 25.0 Å². The topological polar surface area (TPSA) is 98.9 Å². The van der Waals surface area contributed by atoms with Gasteiger partial charge in [0.2, 0.25) is 10.0 Å². The molecule has 0 unspecified atom stereocenters. The number of sulfonamides is 1. The van der Waals surface area contributed by atoms with Gasteiger partial charge in [-0.3, -0.25) is 4.79 Å². The number of benzene rings is 1. The third-order valence-corrected chi connectivity index (χ3v) is 5.22. The van der Waals surface area contributed by atoms with Gasteiger partial charge in [0.05, 0.1) is 17.0 Å². The average molecular weight is 431 g/mol. The third-order valence-electron chi connectivity index (χ3n) is 3.76. The van der Waals surface area contributed by atoms with Gasteiger partial charge in [-0.15, -0.1) is 5.10 Å². The van der Waals surface area contributed by atoms with E-state index in [-0.39, 0.29) is 19.2 Å².